The molecule has 0 aliphatic rings. The number of unbranched alkanes of at least 4 members (excludes halogenated alkanes) is 6. The van der Waals surface area contributed by atoms with Crippen molar-refractivity contribution in [3.63, 3.8) is 0 Å². The van der Waals surface area contributed by atoms with Crippen LogP contribution in [0.15, 0.2) is 0 Å². The molecule has 0 aromatic heterocycles. The summed E-state index contributed by atoms with van der Waals surface area (Å²) in [5, 5.41) is 0. The van der Waals surface area contributed by atoms with Crippen molar-refractivity contribution in [3.05, 3.63) is 0 Å². The minimum absolute atomic E-state index is 0. The molecule has 61 heavy (non-hydrogen) atoms. The normalized spacial score (nSPS) is 13.8. The average Bonchev–Trinajstić information content (AvgIpc) is 3.24. The van der Waals surface area contributed by atoms with Crippen LogP contribution in [0.4, 0.5) is 0 Å². The number of thiocarbonyl (C=S) groups is 3. The number of hydrogen-bond donors (Lipinski definition) is 0. The quantitative estimate of drug-likeness (QED) is 0.0342. The van der Waals surface area contributed by atoms with Crippen LogP contribution in [0.1, 0.15) is 237 Å². The van der Waals surface area contributed by atoms with Crippen LogP contribution in [0, 0.1) is 35.5 Å². The molecule has 1 radical (unpaired) electrons. The average molecular weight is 1010 g/mol. The summed E-state index contributed by atoms with van der Waals surface area (Å²) in [6, 6.07) is 0. The summed E-state index contributed by atoms with van der Waals surface area (Å²) in [7, 11) is 0. The van der Waals surface area contributed by atoms with Crippen LogP contribution in [0.3, 0.4) is 0 Å². The van der Waals surface area contributed by atoms with Crippen LogP contribution in [-0.4, -0.2) is 66.9 Å². The van der Waals surface area contributed by atoms with Crippen molar-refractivity contribution in [1.29, 1.82) is 0 Å². The minimum atomic E-state index is 0. The van der Waals surface area contributed by atoms with Crippen LogP contribution in [0.25, 0.3) is 0 Å². The second kappa shape index (κ2) is 48.8. The summed E-state index contributed by atoms with van der Waals surface area (Å²) in [5.74, 6) is 4.50. The Hall–Kier alpha value is 0.849. The molecule has 0 heterocycles. The number of rotatable bonds is 36. The van der Waals surface area contributed by atoms with E-state index in [4.69, 9.17) is 74.5 Å². The molecule has 0 saturated carbocycles. The van der Waals surface area contributed by atoms with Gasteiger partial charge in [-0.2, -0.15) is 0 Å². The molecular formula is C51H102FeN3S6. The fraction of sp³-hybridized carbons (Fsp3) is 0.941. The summed E-state index contributed by atoms with van der Waals surface area (Å²) in [6.45, 7) is 33.8. The Labute approximate surface area is 427 Å². The van der Waals surface area contributed by atoms with Gasteiger partial charge in [0.1, 0.15) is 0 Å². The zero-order chi connectivity index (χ0) is 46.1. The van der Waals surface area contributed by atoms with E-state index in [9.17, 15) is 0 Å². The first-order chi connectivity index (χ1) is 28.7. The minimum Gasteiger partial charge on any atom is -0.411 e. The standard InChI is InChI=1S/3C17H35NS2.Fe/c3*1-5-9-11-15(7-3)13-18(17(19)20)14-16(8-4)12-10-6-2;/h3*15-16H,5-14H2,1-4H3,(H,19,20);/q;;;+3/p-3. The van der Waals surface area contributed by atoms with Gasteiger partial charge in [-0.15, -0.1) is 0 Å². The Kier molecular flexibility index (Phi) is 54.7. The third-order valence-electron chi connectivity index (χ3n) is 12.9. The van der Waals surface area contributed by atoms with Gasteiger partial charge >= 0.3 is 17.1 Å². The first kappa shape index (κ1) is 68.4. The number of nitrogens with zero attached hydrogens (tertiary/aromatic N) is 3. The van der Waals surface area contributed by atoms with Gasteiger partial charge in [0.05, 0.1) is 0 Å². The molecule has 0 spiro atoms. The third-order valence-corrected chi connectivity index (χ3v) is 14.5. The van der Waals surface area contributed by atoms with E-state index in [0.717, 1.165) is 74.8 Å². The molecule has 0 N–H and O–H groups in total. The largest absolute Gasteiger partial charge is 3.00 e. The predicted octanol–water partition coefficient (Wildman–Crippen LogP) is 16.7. The second-order valence-electron chi connectivity index (χ2n) is 18.0. The van der Waals surface area contributed by atoms with Gasteiger partial charge in [0, 0.05) is 39.3 Å². The van der Waals surface area contributed by atoms with Crippen molar-refractivity contribution in [3.8, 4) is 0 Å². The fourth-order valence-electron chi connectivity index (χ4n) is 8.04. The van der Waals surface area contributed by atoms with Gasteiger partial charge < -0.3 is 89.2 Å². The van der Waals surface area contributed by atoms with E-state index in [1.807, 2.05) is 0 Å². The van der Waals surface area contributed by atoms with Gasteiger partial charge in [0.25, 0.3) is 0 Å². The van der Waals surface area contributed by atoms with Gasteiger partial charge in [-0.3, -0.25) is 0 Å². The topological polar surface area (TPSA) is 9.72 Å². The molecular weight excluding hydrogens is 903 g/mol. The molecule has 365 valence electrons. The van der Waals surface area contributed by atoms with E-state index in [-0.39, 0.29) is 17.1 Å². The predicted molar refractivity (Wildman–Crippen MR) is 294 cm³/mol. The van der Waals surface area contributed by atoms with Crippen LogP contribution >= 0.6 is 36.7 Å². The second-order valence-corrected chi connectivity index (χ2v) is 21.1. The maximum atomic E-state index is 5.32. The molecule has 6 atom stereocenters. The summed E-state index contributed by atoms with van der Waals surface area (Å²) in [5.41, 5.74) is 0. The van der Waals surface area contributed by atoms with Crippen molar-refractivity contribution in [2.75, 3.05) is 39.3 Å². The fourth-order valence-corrected chi connectivity index (χ4v) is 8.94. The third kappa shape index (κ3) is 39.7. The summed E-state index contributed by atoms with van der Waals surface area (Å²) in [6.07, 6.45) is 30.9. The summed E-state index contributed by atoms with van der Waals surface area (Å²) < 4.78 is 2.03. The Morgan fingerprint density at radius 1 is 0.311 bits per heavy atom. The van der Waals surface area contributed by atoms with Crippen LogP contribution in [-0.2, 0) is 55.0 Å². The molecule has 0 aliphatic heterocycles. The Morgan fingerprint density at radius 3 is 0.525 bits per heavy atom. The molecule has 0 amide bonds. The maximum absolute atomic E-state index is 5.32. The van der Waals surface area contributed by atoms with Gasteiger partial charge in [-0.1, -0.05) is 212 Å². The van der Waals surface area contributed by atoms with E-state index >= 15 is 0 Å². The van der Waals surface area contributed by atoms with Crippen molar-refractivity contribution in [1.82, 2.24) is 14.7 Å². The molecule has 0 saturated heterocycles. The molecule has 3 nitrogen and oxygen atoms in total. The van der Waals surface area contributed by atoms with Crippen molar-refractivity contribution in [2.45, 2.75) is 237 Å². The van der Waals surface area contributed by atoms with E-state index in [1.54, 1.807) is 0 Å². The van der Waals surface area contributed by atoms with E-state index in [0.29, 0.717) is 13.0 Å². The van der Waals surface area contributed by atoms with Crippen LogP contribution in [0.5, 0.6) is 0 Å². The summed E-state index contributed by atoms with van der Waals surface area (Å²) >= 11 is 31.9. The monoisotopic (exact) mass is 1000 g/mol. The van der Waals surface area contributed by atoms with Crippen LogP contribution < -0.4 is 0 Å². The van der Waals surface area contributed by atoms with Crippen LogP contribution in [0.2, 0.25) is 0 Å². The van der Waals surface area contributed by atoms with Gasteiger partial charge in [-0.25, -0.2) is 0 Å². The number of hydrogen-bond acceptors (Lipinski definition) is 6. The smallest absolute Gasteiger partial charge is 0.411 e. The molecule has 0 aliphatic carbocycles. The zero-order valence-electron chi connectivity index (χ0n) is 42.3. The molecule has 0 rings (SSSR count). The first-order valence-electron chi connectivity index (χ1n) is 25.6. The zero-order valence-corrected chi connectivity index (χ0v) is 48.3. The Morgan fingerprint density at radius 2 is 0.443 bits per heavy atom. The molecule has 0 aromatic carbocycles. The van der Waals surface area contributed by atoms with Crippen molar-refractivity contribution in [2.24, 2.45) is 35.5 Å². The molecule has 0 fully saturated rings. The Bertz CT molecular complexity index is 802. The molecule has 6 unspecified atom stereocenters. The summed E-state index contributed by atoms with van der Waals surface area (Å²) in [4.78, 5) is 6.91. The van der Waals surface area contributed by atoms with Gasteiger partial charge in [-0.05, 0) is 74.0 Å². The molecule has 0 bridgehead atoms. The van der Waals surface area contributed by atoms with E-state index in [1.165, 1.54) is 154 Å². The molecule has 10 heteroatoms. The van der Waals surface area contributed by atoms with E-state index in [2.05, 4.69) is 97.8 Å². The van der Waals surface area contributed by atoms with Gasteiger partial charge in [0.15, 0.2) is 0 Å². The first-order valence-corrected chi connectivity index (χ1v) is 28.1. The molecule has 0 aromatic rings. The van der Waals surface area contributed by atoms with Crippen molar-refractivity contribution >= 4 is 87.5 Å². The Balaban J connectivity index is -0.000000396. The van der Waals surface area contributed by atoms with Gasteiger partial charge in [0.2, 0.25) is 0 Å². The van der Waals surface area contributed by atoms with Crippen molar-refractivity contribution < 1.29 is 17.1 Å². The SMILES string of the molecule is CCCCC(CC)CN(CC(CC)CCCC)C(=S)[S-].CCCCC(CC)CN(CC(CC)CCCC)C(=S)[S-].CCCCC(CC)CN(CC(CC)CCCC)C(=S)[S-].[Fe+3]. The van der Waals surface area contributed by atoms with E-state index < -0.39 is 0 Å². The maximum Gasteiger partial charge on any atom is 3.00 e.